The van der Waals surface area contributed by atoms with Crippen LogP contribution >= 0.6 is 0 Å². The van der Waals surface area contributed by atoms with Crippen molar-refractivity contribution < 1.29 is 24.2 Å². The van der Waals surface area contributed by atoms with Crippen LogP contribution in [0.4, 0.5) is 0 Å². The molecule has 0 radical (unpaired) electrons. The Balaban J connectivity index is 2.14. The Kier molecular flexibility index (Phi) is 5.04. The number of hydrogen-bond acceptors (Lipinski definition) is 4. The summed E-state index contributed by atoms with van der Waals surface area (Å²) in [5.74, 6) is -0.0190. The molecule has 1 heterocycles. The van der Waals surface area contributed by atoms with E-state index >= 15 is 0 Å². The Morgan fingerprint density at radius 1 is 1.32 bits per heavy atom. The van der Waals surface area contributed by atoms with Gasteiger partial charge in [0.2, 0.25) is 5.91 Å². The third kappa shape index (κ3) is 3.39. The standard InChI is InChI=1S/C16H19NO5/c1-21-12-7-5-11(14(10-12)22-2)6-8-15(18)17-9-3-4-13(17)16(19)20/h5-8,10,13H,3-4,9H2,1-2H3,(H,19,20)/b8-6+. The normalized spacial score (nSPS) is 17.7. The molecule has 1 N–H and O–H groups in total. The van der Waals surface area contributed by atoms with Gasteiger partial charge in [-0.3, -0.25) is 4.79 Å². The number of benzene rings is 1. The van der Waals surface area contributed by atoms with Gasteiger partial charge in [-0.15, -0.1) is 0 Å². The predicted octanol–water partition coefficient (Wildman–Crippen LogP) is 1.79. The molecule has 1 amide bonds. The predicted molar refractivity (Wildman–Crippen MR) is 81.0 cm³/mol. The topological polar surface area (TPSA) is 76.1 Å². The quantitative estimate of drug-likeness (QED) is 0.839. The van der Waals surface area contributed by atoms with Crippen molar-refractivity contribution >= 4 is 18.0 Å². The van der Waals surface area contributed by atoms with Crippen molar-refractivity contribution in [3.63, 3.8) is 0 Å². The van der Waals surface area contributed by atoms with Crippen LogP contribution in [0.5, 0.6) is 11.5 Å². The van der Waals surface area contributed by atoms with Crippen LogP contribution in [0, 0.1) is 0 Å². The Morgan fingerprint density at radius 2 is 2.09 bits per heavy atom. The van der Waals surface area contributed by atoms with Crippen LogP contribution in [0.3, 0.4) is 0 Å². The highest BCUT2D eigenvalue weighted by molar-refractivity contribution is 5.95. The number of carbonyl (C=O) groups is 2. The lowest BCUT2D eigenvalue weighted by molar-refractivity contribution is -0.146. The average Bonchev–Trinajstić information content (AvgIpc) is 3.02. The van der Waals surface area contributed by atoms with Gasteiger partial charge < -0.3 is 19.5 Å². The van der Waals surface area contributed by atoms with E-state index in [1.807, 2.05) is 0 Å². The van der Waals surface area contributed by atoms with Crippen molar-refractivity contribution in [3.05, 3.63) is 29.8 Å². The van der Waals surface area contributed by atoms with Gasteiger partial charge in [0.15, 0.2) is 0 Å². The Labute approximate surface area is 128 Å². The molecule has 0 aliphatic carbocycles. The molecule has 0 aromatic heterocycles. The molecule has 1 unspecified atom stereocenters. The number of carboxylic acids is 1. The summed E-state index contributed by atoms with van der Waals surface area (Å²) in [7, 11) is 3.10. The Hall–Kier alpha value is -2.50. The Bertz CT molecular complexity index is 596. The van der Waals surface area contributed by atoms with Crippen molar-refractivity contribution in [2.24, 2.45) is 0 Å². The van der Waals surface area contributed by atoms with E-state index in [0.717, 1.165) is 5.56 Å². The molecule has 1 aliphatic heterocycles. The van der Waals surface area contributed by atoms with Crippen molar-refractivity contribution in [2.45, 2.75) is 18.9 Å². The average molecular weight is 305 g/mol. The molecule has 1 fully saturated rings. The zero-order valence-electron chi connectivity index (χ0n) is 12.6. The molecule has 1 aromatic carbocycles. The zero-order chi connectivity index (χ0) is 16.1. The summed E-state index contributed by atoms with van der Waals surface area (Å²) in [5, 5.41) is 9.11. The Morgan fingerprint density at radius 3 is 2.73 bits per heavy atom. The first kappa shape index (κ1) is 15.9. The summed E-state index contributed by atoms with van der Waals surface area (Å²) in [4.78, 5) is 24.7. The first-order valence-electron chi connectivity index (χ1n) is 7.00. The van der Waals surface area contributed by atoms with E-state index in [4.69, 9.17) is 14.6 Å². The number of carboxylic acid groups (broad SMARTS) is 1. The smallest absolute Gasteiger partial charge is 0.326 e. The van der Waals surface area contributed by atoms with E-state index in [9.17, 15) is 9.59 Å². The number of aliphatic carboxylic acids is 1. The molecule has 1 aromatic rings. The fourth-order valence-corrected chi connectivity index (χ4v) is 2.50. The van der Waals surface area contributed by atoms with Crippen molar-refractivity contribution in [1.29, 1.82) is 0 Å². The molecule has 1 saturated heterocycles. The summed E-state index contributed by atoms with van der Waals surface area (Å²) in [6.45, 7) is 0.472. The number of rotatable bonds is 5. The fraction of sp³-hybridized carbons (Fsp3) is 0.375. The molecule has 0 spiro atoms. The second-order valence-electron chi connectivity index (χ2n) is 4.97. The molecule has 22 heavy (non-hydrogen) atoms. The molecule has 2 rings (SSSR count). The lowest BCUT2D eigenvalue weighted by Gasteiger charge is -2.19. The summed E-state index contributed by atoms with van der Waals surface area (Å²) in [6, 6.07) is 4.54. The van der Waals surface area contributed by atoms with Gasteiger partial charge in [0, 0.05) is 24.3 Å². The second-order valence-corrected chi connectivity index (χ2v) is 4.97. The maximum Gasteiger partial charge on any atom is 0.326 e. The van der Waals surface area contributed by atoms with Gasteiger partial charge in [-0.1, -0.05) is 0 Å². The molecule has 0 saturated carbocycles. The molecule has 6 nitrogen and oxygen atoms in total. The molecular formula is C16H19NO5. The number of likely N-dealkylation sites (tertiary alicyclic amines) is 1. The zero-order valence-corrected chi connectivity index (χ0v) is 12.6. The number of amides is 1. The monoisotopic (exact) mass is 305 g/mol. The maximum absolute atomic E-state index is 12.2. The van der Waals surface area contributed by atoms with Crippen LogP contribution in [0.2, 0.25) is 0 Å². The molecule has 1 aliphatic rings. The van der Waals surface area contributed by atoms with Gasteiger partial charge >= 0.3 is 5.97 Å². The minimum absolute atomic E-state index is 0.303. The fourth-order valence-electron chi connectivity index (χ4n) is 2.50. The molecule has 118 valence electrons. The van der Waals surface area contributed by atoms with Gasteiger partial charge in [-0.2, -0.15) is 0 Å². The lowest BCUT2D eigenvalue weighted by atomic mass is 10.1. The van der Waals surface area contributed by atoms with Crippen LogP contribution in [-0.2, 0) is 9.59 Å². The summed E-state index contributed by atoms with van der Waals surface area (Å²) >= 11 is 0. The van der Waals surface area contributed by atoms with E-state index in [0.29, 0.717) is 30.9 Å². The van der Waals surface area contributed by atoms with Gasteiger partial charge in [-0.25, -0.2) is 4.79 Å². The van der Waals surface area contributed by atoms with E-state index in [2.05, 4.69) is 0 Å². The van der Waals surface area contributed by atoms with Crippen LogP contribution in [0.1, 0.15) is 18.4 Å². The van der Waals surface area contributed by atoms with Crippen molar-refractivity contribution in [3.8, 4) is 11.5 Å². The first-order valence-corrected chi connectivity index (χ1v) is 7.00. The molecule has 6 heteroatoms. The highest BCUT2D eigenvalue weighted by Gasteiger charge is 2.32. The largest absolute Gasteiger partial charge is 0.497 e. The number of hydrogen-bond donors (Lipinski definition) is 1. The lowest BCUT2D eigenvalue weighted by Crippen LogP contribution is -2.39. The second kappa shape index (κ2) is 6.98. The highest BCUT2D eigenvalue weighted by atomic mass is 16.5. The van der Waals surface area contributed by atoms with E-state index in [1.54, 1.807) is 31.4 Å². The van der Waals surface area contributed by atoms with Gasteiger partial charge in [0.25, 0.3) is 0 Å². The highest BCUT2D eigenvalue weighted by Crippen LogP contribution is 2.26. The third-order valence-electron chi connectivity index (χ3n) is 3.67. The number of methoxy groups -OCH3 is 2. The van der Waals surface area contributed by atoms with Crippen molar-refractivity contribution in [1.82, 2.24) is 4.90 Å². The molecule has 0 bridgehead atoms. The van der Waals surface area contributed by atoms with Crippen molar-refractivity contribution in [2.75, 3.05) is 20.8 Å². The number of ether oxygens (including phenoxy) is 2. The molecular weight excluding hydrogens is 286 g/mol. The van der Waals surface area contributed by atoms with Gasteiger partial charge in [0.05, 0.1) is 14.2 Å². The van der Waals surface area contributed by atoms with Crippen LogP contribution in [-0.4, -0.2) is 48.7 Å². The minimum Gasteiger partial charge on any atom is -0.497 e. The number of nitrogens with zero attached hydrogens (tertiary/aromatic N) is 1. The van der Waals surface area contributed by atoms with Gasteiger partial charge in [-0.05, 0) is 31.1 Å². The number of carbonyl (C=O) groups excluding carboxylic acids is 1. The SMILES string of the molecule is COc1ccc(/C=C/C(=O)N2CCCC2C(=O)O)c(OC)c1. The van der Waals surface area contributed by atoms with Gasteiger partial charge in [0.1, 0.15) is 17.5 Å². The van der Waals surface area contributed by atoms with Crippen LogP contribution in [0.15, 0.2) is 24.3 Å². The van der Waals surface area contributed by atoms with Crippen LogP contribution < -0.4 is 9.47 Å². The summed E-state index contributed by atoms with van der Waals surface area (Å²) in [5.41, 5.74) is 0.725. The summed E-state index contributed by atoms with van der Waals surface area (Å²) in [6.07, 6.45) is 4.21. The van der Waals surface area contributed by atoms with E-state index < -0.39 is 12.0 Å². The van der Waals surface area contributed by atoms with E-state index in [1.165, 1.54) is 18.1 Å². The molecule has 1 atom stereocenters. The summed E-state index contributed by atoms with van der Waals surface area (Å²) < 4.78 is 10.4. The minimum atomic E-state index is -0.957. The van der Waals surface area contributed by atoms with Crippen LogP contribution in [0.25, 0.3) is 6.08 Å². The first-order chi connectivity index (χ1) is 10.6. The maximum atomic E-state index is 12.2. The third-order valence-corrected chi connectivity index (χ3v) is 3.67. The van der Waals surface area contributed by atoms with E-state index in [-0.39, 0.29) is 5.91 Å².